The maximum atomic E-state index is 9.93. The summed E-state index contributed by atoms with van der Waals surface area (Å²) in [6.45, 7) is -0.489. The monoisotopic (exact) mass is 324 g/mol. The van der Waals surface area contributed by atoms with E-state index < -0.39 is 68.0 Å². The molecule has 3 fully saturated rings. The lowest BCUT2D eigenvalue weighted by Crippen LogP contribution is -2.62. The van der Waals surface area contributed by atoms with Gasteiger partial charge in [-0.15, -0.1) is 0 Å². The molecule has 128 valence electrons. The number of hydrogen-bond acceptors (Lipinski definition) is 10. The third-order valence-electron chi connectivity index (χ3n) is 4.23. The lowest BCUT2D eigenvalue weighted by Gasteiger charge is -2.43. The molecule has 0 spiro atoms. The van der Waals surface area contributed by atoms with Gasteiger partial charge in [0.1, 0.15) is 48.8 Å². The highest BCUT2D eigenvalue weighted by atomic mass is 16.7. The van der Waals surface area contributed by atoms with Crippen molar-refractivity contribution in [2.75, 3.05) is 13.2 Å². The quantitative estimate of drug-likeness (QED) is 0.299. The van der Waals surface area contributed by atoms with E-state index in [1.807, 2.05) is 0 Å². The van der Waals surface area contributed by atoms with Gasteiger partial charge in [-0.1, -0.05) is 0 Å². The van der Waals surface area contributed by atoms with Crippen LogP contribution in [0.4, 0.5) is 0 Å². The molecule has 0 radical (unpaired) electrons. The molecule has 0 aromatic heterocycles. The van der Waals surface area contributed by atoms with Crippen molar-refractivity contribution in [1.29, 1.82) is 0 Å². The Kier molecular flexibility index (Phi) is 4.67. The Morgan fingerprint density at radius 2 is 1.64 bits per heavy atom. The second-order valence-corrected chi connectivity index (χ2v) is 5.65. The van der Waals surface area contributed by atoms with Crippen LogP contribution in [0.15, 0.2) is 0 Å². The summed E-state index contributed by atoms with van der Waals surface area (Å²) in [6, 6.07) is 0. The van der Waals surface area contributed by atoms with E-state index in [1.165, 1.54) is 0 Å². The maximum Gasteiger partial charge on any atom is 0.187 e. The summed E-state index contributed by atoms with van der Waals surface area (Å²) in [4.78, 5) is 0. The Labute approximate surface area is 125 Å². The van der Waals surface area contributed by atoms with Crippen LogP contribution in [0.2, 0.25) is 0 Å². The highest BCUT2D eigenvalue weighted by Crippen LogP contribution is 2.33. The number of aliphatic hydroxyl groups excluding tert-OH is 6. The fourth-order valence-electron chi connectivity index (χ4n) is 2.94. The van der Waals surface area contributed by atoms with Gasteiger partial charge in [-0.05, 0) is 0 Å². The van der Waals surface area contributed by atoms with E-state index in [9.17, 15) is 25.5 Å². The first-order chi connectivity index (χ1) is 10.4. The zero-order valence-electron chi connectivity index (χ0n) is 11.5. The van der Waals surface area contributed by atoms with Crippen molar-refractivity contribution in [2.45, 2.75) is 61.4 Å². The Morgan fingerprint density at radius 1 is 0.909 bits per heavy atom. The van der Waals surface area contributed by atoms with E-state index in [4.69, 9.17) is 24.1 Å². The third kappa shape index (κ3) is 2.65. The van der Waals surface area contributed by atoms with Gasteiger partial charge in [0.05, 0.1) is 13.2 Å². The van der Waals surface area contributed by atoms with E-state index in [0.29, 0.717) is 0 Å². The first kappa shape index (κ1) is 16.5. The zero-order valence-corrected chi connectivity index (χ0v) is 11.5. The molecule has 10 atom stereocenters. The van der Waals surface area contributed by atoms with Crippen LogP contribution < -0.4 is 0 Å². The first-order valence-electron chi connectivity index (χ1n) is 7.03. The maximum absolute atomic E-state index is 9.93. The van der Waals surface area contributed by atoms with E-state index in [2.05, 4.69) is 0 Å². The predicted octanol–water partition coefficient (Wildman–Crippen LogP) is -4.35. The van der Waals surface area contributed by atoms with Crippen LogP contribution in [0, 0.1) is 0 Å². The van der Waals surface area contributed by atoms with Crippen LogP contribution in [0.1, 0.15) is 0 Å². The molecule has 3 heterocycles. The van der Waals surface area contributed by atoms with Crippen LogP contribution >= 0.6 is 0 Å². The third-order valence-corrected chi connectivity index (χ3v) is 4.23. The van der Waals surface area contributed by atoms with Gasteiger partial charge in [-0.3, -0.25) is 0 Å². The summed E-state index contributed by atoms with van der Waals surface area (Å²) in [5.74, 6) is 0. The summed E-state index contributed by atoms with van der Waals surface area (Å²) in [6.07, 6.45) is -12.1. The summed E-state index contributed by atoms with van der Waals surface area (Å²) < 4.78 is 21.2. The number of aliphatic hydroxyl groups is 6. The van der Waals surface area contributed by atoms with Crippen molar-refractivity contribution in [2.24, 2.45) is 0 Å². The van der Waals surface area contributed by atoms with Crippen molar-refractivity contribution in [3.05, 3.63) is 0 Å². The number of fused-ring (bicyclic) bond motifs is 2. The molecular formula is C12H20O10. The van der Waals surface area contributed by atoms with Gasteiger partial charge in [0.15, 0.2) is 12.6 Å². The molecule has 3 saturated heterocycles. The lowest BCUT2D eigenvalue weighted by molar-refractivity contribution is -0.336. The molecule has 6 N–H and O–H groups in total. The fraction of sp³-hybridized carbons (Fsp3) is 1.00. The van der Waals surface area contributed by atoms with Gasteiger partial charge in [-0.25, -0.2) is 0 Å². The second-order valence-electron chi connectivity index (χ2n) is 5.65. The van der Waals surface area contributed by atoms with Gasteiger partial charge in [0, 0.05) is 0 Å². The van der Waals surface area contributed by atoms with Crippen molar-refractivity contribution < 1.29 is 49.6 Å². The number of rotatable bonds is 3. The van der Waals surface area contributed by atoms with E-state index in [0.717, 1.165) is 0 Å². The van der Waals surface area contributed by atoms with Crippen molar-refractivity contribution in [1.82, 2.24) is 0 Å². The molecule has 0 amide bonds. The largest absolute Gasteiger partial charge is 0.394 e. The number of hydrogen-bond donors (Lipinski definition) is 6. The minimum absolute atomic E-state index is 0.0842. The molecule has 0 aromatic carbocycles. The SMILES string of the molecule is OC[C@H]1O[C@@H](O[C@H]2[C@H]3OC[C@@H]2O[C@@H](O)[C@H]3O)[C@H](O)C(O)[C@H]1O. The van der Waals surface area contributed by atoms with Gasteiger partial charge in [0.2, 0.25) is 0 Å². The smallest absolute Gasteiger partial charge is 0.187 e. The summed E-state index contributed by atoms with van der Waals surface area (Å²) in [5.41, 5.74) is 0. The minimum Gasteiger partial charge on any atom is -0.394 e. The molecule has 3 aliphatic rings. The van der Waals surface area contributed by atoms with Crippen LogP contribution in [0.3, 0.4) is 0 Å². The van der Waals surface area contributed by atoms with Crippen molar-refractivity contribution in [3.63, 3.8) is 0 Å². The molecule has 0 saturated carbocycles. The minimum atomic E-state index is -1.56. The highest BCUT2D eigenvalue weighted by molar-refractivity contribution is 4.97. The Balaban J connectivity index is 1.70. The summed E-state index contributed by atoms with van der Waals surface area (Å²) >= 11 is 0. The molecule has 2 bridgehead atoms. The predicted molar refractivity (Wildman–Crippen MR) is 65.3 cm³/mol. The zero-order chi connectivity index (χ0) is 16.0. The van der Waals surface area contributed by atoms with Crippen molar-refractivity contribution in [3.8, 4) is 0 Å². The number of ether oxygens (including phenoxy) is 4. The van der Waals surface area contributed by atoms with Gasteiger partial charge >= 0.3 is 0 Å². The molecule has 10 nitrogen and oxygen atoms in total. The summed E-state index contributed by atoms with van der Waals surface area (Å²) in [5, 5.41) is 57.8. The molecule has 3 aliphatic heterocycles. The molecule has 0 aliphatic carbocycles. The molecule has 22 heavy (non-hydrogen) atoms. The fourth-order valence-corrected chi connectivity index (χ4v) is 2.94. The van der Waals surface area contributed by atoms with Crippen LogP contribution in [0.5, 0.6) is 0 Å². The van der Waals surface area contributed by atoms with Crippen LogP contribution in [0.25, 0.3) is 0 Å². The van der Waals surface area contributed by atoms with Gasteiger partial charge in [0.25, 0.3) is 0 Å². The van der Waals surface area contributed by atoms with E-state index >= 15 is 0 Å². The normalized spacial score (nSPS) is 55.4. The highest BCUT2D eigenvalue weighted by Gasteiger charge is 2.54. The molecule has 10 heteroatoms. The van der Waals surface area contributed by atoms with Crippen LogP contribution in [-0.2, 0) is 18.9 Å². The lowest BCUT2D eigenvalue weighted by atomic mass is 9.98. The Hall–Kier alpha value is -0.400. The topological polar surface area (TPSA) is 158 Å². The van der Waals surface area contributed by atoms with Crippen molar-refractivity contribution >= 4 is 0 Å². The van der Waals surface area contributed by atoms with E-state index in [-0.39, 0.29) is 6.61 Å². The molecule has 1 unspecified atom stereocenters. The molecule has 3 rings (SSSR count). The average molecular weight is 324 g/mol. The Morgan fingerprint density at radius 3 is 2.32 bits per heavy atom. The average Bonchev–Trinajstić information content (AvgIpc) is 2.82. The molecular weight excluding hydrogens is 304 g/mol. The van der Waals surface area contributed by atoms with Gasteiger partial charge < -0.3 is 49.6 Å². The van der Waals surface area contributed by atoms with Gasteiger partial charge in [-0.2, -0.15) is 0 Å². The van der Waals surface area contributed by atoms with Crippen LogP contribution in [-0.4, -0.2) is 105 Å². The second kappa shape index (κ2) is 6.24. The standard InChI is InChI=1S/C12H20O10/c13-1-3-5(14)6(15)7(16)12(21-3)22-9-4-2-19-10(9)8(17)11(18)20-4/h3-18H,1-2H2/t3-,4+,5+,6?,7-,8+,9-,10+,11-,12+/m1/s1. The van der Waals surface area contributed by atoms with E-state index in [1.54, 1.807) is 0 Å². The summed E-state index contributed by atoms with van der Waals surface area (Å²) in [7, 11) is 0. The molecule has 0 aromatic rings. The Bertz CT molecular complexity index is 392. The first-order valence-corrected chi connectivity index (χ1v) is 7.03.